The summed E-state index contributed by atoms with van der Waals surface area (Å²) in [6.45, 7) is 1.88. The molecule has 0 atom stereocenters. The van der Waals surface area contributed by atoms with Gasteiger partial charge in [-0.25, -0.2) is 0 Å². The van der Waals surface area contributed by atoms with Crippen molar-refractivity contribution in [1.29, 1.82) is 0 Å². The van der Waals surface area contributed by atoms with Crippen LogP contribution in [0.4, 0.5) is 18.9 Å². The molecular formula is C19H18ClF3N2S. The van der Waals surface area contributed by atoms with Gasteiger partial charge in [-0.1, -0.05) is 30.4 Å². The number of alkyl halides is 4. The number of rotatable bonds is 5. The number of hydrogen-bond donors (Lipinski definition) is 2. The minimum absolute atomic E-state index is 0.0360. The Bertz CT molecular complexity index is 832. The fourth-order valence-electron chi connectivity index (χ4n) is 2.70. The Balaban J connectivity index is 2.75. The van der Waals surface area contributed by atoms with Crippen LogP contribution in [0.1, 0.15) is 23.6 Å². The van der Waals surface area contributed by atoms with Gasteiger partial charge in [0.15, 0.2) is 5.11 Å². The molecule has 26 heavy (non-hydrogen) atoms. The number of hydrogen-bond acceptors (Lipinski definition) is 1. The molecular weight excluding hydrogens is 381 g/mol. The van der Waals surface area contributed by atoms with Gasteiger partial charge in [-0.2, -0.15) is 13.2 Å². The third kappa shape index (κ3) is 4.77. The Kier molecular flexibility index (Phi) is 6.67. The lowest BCUT2D eigenvalue weighted by Crippen LogP contribution is -2.20. The van der Waals surface area contributed by atoms with E-state index < -0.39 is 11.7 Å². The van der Waals surface area contributed by atoms with Crippen LogP contribution < -0.4 is 11.1 Å². The molecule has 0 saturated heterocycles. The summed E-state index contributed by atoms with van der Waals surface area (Å²) < 4.78 is 39.5. The average Bonchev–Trinajstić information content (AvgIpc) is 2.58. The summed E-state index contributed by atoms with van der Waals surface area (Å²) in [5, 5.41) is 2.89. The van der Waals surface area contributed by atoms with Crippen LogP contribution in [0.2, 0.25) is 0 Å². The molecule has 0 aliphatic carbocycles. The quantitative estimate of drug-likeness (QED) is 0.375. The maximum absolute atomic E-state index is 13.2. The van der Waals surface area contributed by atoms with Crippen molar-refractivity contribution in [1.82, 2.24) is 0 Å². The van der Waals surface area contributed by atoms with Gasteiger partial charge in [0.2, 0.25) is 0 Å². The van der Waals surface area contributed by atoms with Crippen molar-refractivity contribution in [2.45, 2.75) is 25.4 Å². The molecule has 0 aliphatic heterocycles. The van der Waals surface area contributed by atoms with Crippen LogP contribution >= 0.6 is 23.8 Å². The smallest absolute Gasteiger partial charge is 0.376 e. The van der Waals surface area contributed by atoms with Crippen molar-refractivity contribution in [2.24, 2.45) is 5.73 Å². The first kappa shape index (κ1) is 20.3. The molecule has 0 unspecified atom stereocenters. The number of nitrogens with two attached hydrogens (primary N) is 1. The highest BCUT2D eigenvalue weighted by Gasteiger charge is 2.30. The van der Waals surface area contributed by atoms with E-state index in [0.717, 1.165) is 23.3 Å². The van der Waals surface area contributed by atoms with Gasteiger partial charge in [-0.05, 0) is 60.5 Å². The van der Waals surface area contributed by atoms with Gasteiger partial charge in [-0.15, -0.1) is 11.6 Å². The molecule has 7 heteroatoms. The minimum atomic E-state index is -4.43. The lowest BCUT2D eigenvalue weighted by molar-refractivity contribution is -0.137. The molecule has 0 heterocycles. The summed E-state index contributed by atoms with van der Waals surface area (Å²) in [4.78, 5) is 0. The van der Waals surface area contributed by atoms with Crippen LogP contribution in [0.15, 0.2) is 48.6 Å². The fourth-order valence-corrected chi connectivity index (χ4v) is 3.06. The third-order valence-corrected chi connectivity index (χ3v) is 4.24. The number of thiocarbonyl (C=S) groups is 1. The minimum Gasteiger partial charge on any atom is -0.376 e. The normalized spacial score (nSPS) is 11.7. The maximum Gasteiger partial charge on any atom is 0.416 e. The van der Waals surface area contributed by atoms with E-state index in [1.54, 1.807) is 12.1 Å². The van der Waals surface area contributed by atoms with Crippen molar-refractivity contribution in [3.8, 4) is 11.1 Å². The Morgan fingerprint density at radius 3 is 2.58 bits per heavy atom. The van der Waals surface area contributed by atoms with Crippen LogP contribution in [0.3, 0.4) is 0 Å². The highest BCUT2D eigenvalue weighted by molar-refractivity contribution is 7.80. The monoisotopic (exact) mass is 398 g/mol. The summed E-state index contributed by atoms with van der Waals surface area (Å²) in [6.07, 6.45) is -0.105. The third-order valence-electron chi connectivity index (χ3n) is 3.85. The highest BCUT2D eigenvalue weighted by atomic mass is 35.5. The lowest BCUT2D eigenvalue weighted by Gasteiger charge is -2.19. The maximum atomic E-state index is 13.2. The van der Waals surface area contributed by atoms with E-state index in [0.29, 0.717) is 23.2 Å². The second kappa shape index (κ2) is 8.56. The van der Waals surface area contributed by atoms with Crippen LogP contribution in [-0.2, 0) is 18.5 Å². The van der Waals surface area contributed by atoms with Crippen LogP contribution in [0.5, 0.6) is 0 Å². The zero-order valence-corrected chi connectivity index (χ0v) is 15.6. The van der Waals surface area contributed by atoms with E-state index in [4.69, 9.17) is 29.6 Å². The lowest BCUT2D eigenvalue weighted by atomic mass is 9.91. The van der Waals surface area contributed by atoms with Crippen molar-refractivity contribution in [3.63, 3.8) is 0 Å². The van der Waals surface area contributed by atoms with Crippen molar-refractivity contribution < 1.29 is 13.2 Å². The number of anilines is 1. The molecule has 2 aromatic carbocycles. The Morgan fingerprint density at radius 2 is 2.00 bits per heavy atom. The molecule has 0 spiro atoms. The van der Waals surface area contributed by atoms with Gasteiger partial charge in [0.05, 0.1) is 5.56 Å². The van der Waals surface area contributed by atoms with E-state index in [1.807, 2.05) is 25.1 Å². The molecule has 0 aromatic heterocycles. The summed E-state index contributed by atoms with van der Waals surface area (Å²) in [5.74, 6) is 0.242. The molecule has 2 nitrogen and oxygen atoms in total. The molecule has 2 rings (SSSR count). The van der Waals surface area contributed by atoms with E-state index in [9.17, 15) is 13.2 Å². The van der Waals surface area contributed by atoms with E-state index in [2.05, 4.69) is 5.32 Å². The zero-order chi connectivity index (χ0) is 19.3. The molecule has 0 bridgehead atoms. The number of nitrogens with one attached hydrogen (secondary N) is 1. The van der Waals surface area contributed by atoms with E-state index >= 15 is 0 Å². The molecule has 0 aliphatic rings. The predicted molar refractivity (Wildman–Crippen MR) is 105 cm³/mol. The molecule has 138 valence electrons. The Hall–Kier alpha value is -2.05. The van der Waals surface area contributed by atoms with Crippen molar-refractivity contribution in [2.75, 3.05) is 5.32 Å². The standard InChI is InChI=1S/C19H18ClF3N2S/c1-2-3-7-15-13(11-20)8-9-16(25-18(24)26)17(15)12-5-4-6-14(10-12)19(21,22)23/h2-6,8-10H,7,11H2,1H3,(H3,24,25,26)/b3-2+. The summed E-state index contributed by atoms with van der Waals surface area (Å²) in [7, 11) is 0. The average molecular weight is 399 g/mol. The Labute approximate surface area is 160 Å². The molecule has 2 aromatic rings. The summed E-state index contributed by atoms with van der Waals surface area (Å²) in [5.41, 5.74) is 8.12. The molecule has 0 amide bonds. The molecule has 0 saturated carbocycles. The SMILES string of the molecule is C/C=C/Cc1c(CCl)ccc(NC(N)=S)c1-c1cccc(C(F)(F)F)c1. The van der Waals surface area contributed by atoms with Gasteiger partial charge in [0.25, 0.3) is 0 Å². The van der Waals surface area contributed by atoms with Crippen LogP contribution in [-0.4, -0.2) is 5.11 Å². The second-order valence-corrected chi connectivity index (χ2v) is 6.31. The van der Waals surface area contributed by atoms with E-state index in [-0.39, 0.29) is 11.0 Å². The van der Waals surface area contributed by atoms with Crippen LogP contribution in [0, 0.1) is 0 Å². The highest BCUT2D eigenvalue weighted by Crippen LogP contribution is 2.38. The topological polar surface area (TPSA) is 38.0 Å². The van der Waals surface area contributed by atoms with Gasteiger partial charge < -0.3 is 11.1 Å². The van der Waals surface area contributed by atoms with Gasteiger partial charge in [-0.3, -0.25) is 0 Å². The summed E-state index contributed by atoms with van der Waals surface area (Å²) >= 11 is 11.0. The van der Waals surface area contributed by atoms with Gasteiger partial charge in [0.1, 0.15) is 0 Å². The van der Waals surface area contributed by atoms with Crippen LogP contribution in [0.25, 0.3) is 11.1 Å². The van der Waals surface area contributed by atoms with Crippen molar-refractivity contribution >= 4 is 34.6 Å². The first-order valence-corrected chi connectivity index (χ1v) is 8.78. The largest absolute Gasteiger partial charge is 0.416 e. The van der Waals surface area contributed by atoms with Gasteiger partial charge >= 0.3 is 6.18 Å². The predicted octanol–water partition coefficient (Wildman–Crippen LogP) is 5.89. The molecule has 3 N–H and O–H groups in total. The van der Waals surface area contributed by atoms with Crippen molar-refractivity contribution in [3.05, 3.63) is 65.2 Å². The first-order valence-electron chi connectivity index (χ1n) is 7.84. The van der Waals surface area contributed by atoms with Gasteiger partial charge in [0, 0.05) is 17.1 Å². The number of allylic oxidation sites excluding steroid dienone is 2. The molecule has 0 radical (unpaired) electrons. The summed E-state index contributed by atoms with van der Waals surface area (Å²) in [6, 6.07) is 8.73. The Morgan fingerprint density at radius 1 is 1.27 bits per heavy atom. The number of halogens is 4. The molecule has 0 fully saturated rings. The number of benzene rings is 2. The zero-order valence-electron chi connectivity index (χ0n) is 14.0. The van der Waals surface area contributed by atoms with E-state index in [1.165, 1.54) is 6.07 Å². The second-order valence-electron chi connectivity index (χ2n) is 5.60. The first-order chi connectivity index (χ1) is 12.3. The fraction of sp³-hybridized carbons (Fsp3) is 0.211.